The first kappa shape index (κ1) is 15.7. The van der Waals surface area contributed by atoms with Crippen molar-refractivity contribution in [2.75, 3.05) is 5.32 Å². The van der Waals surface area contributed by atoms with Gasteiger partial charge in [0.05, 0.1) is 29.1 Å². The first-order valence-electron chi connectivity index (χ1n) is 8.27. The van der Waals surface area contributed by atoms with Gasteiger partial charge in [0.15, 0.2) is 5.65 Å². The molecule has 0 unspecified atom stereocenters. The Morgan fingerprint density at radius 2 is 2.12 bits per heavy atom. The van der Waals surface area contributed by atoms with Crippen LogP contribution in [0.25, 0.3) is 5.65 Å². The summed E-state index contributed by atoms with van der Waals surface area (Å²) in [7, 11) is 0. The molecular weight excluding hydrogens is 316 g/mol. The lowest BCUT2D eigenvalue weighted by Crippen LogP contribution is -2.22. The predicted octanol–water partition coefficient (Wildman–Crippen LogP) is 2.12. The number of carbonyl (C=O) groups is 1. The van der Waals surface area contributed by atoms with Gasteiger partial charge < -0.3 is 20.6 Å². The molecule has 3 aromatic rings. The van der Waals surface area contributed by atoms with Crippen LogP contribution in [0, 0.1) is 13.8 Å². The van der Waals surface area contributed by atoms with Crippen LogP contribution in [0.1, 0.15) is 38.9 Å². The fourth-order valence-corrected chi connectivity index (χ4v) is 3.53. The molecule has 1 aromatic carbocycles. The summed E-state index contributed by atoms with van der Waals surface area (Å²) in [4.78, 5) is 16.3. The molecule has 0 saturated heterocycles. The molecule has 4 N–H and O–H groups in total. The summed E-state index contributed by atoms with van der Waals surface area (Å²) >= 11 is 0. The van der Waals surface area contributed by atoms with Crippen molar-refractivity contribution in [1.29, 1.82) is 0 Å². The van der Waals surface area contributed by atoms with Gasteiger partial charge in [0, 0.05) is 18.3 Å². The monoisotopic (exact) mass is 336 g/mol. The molecule has 1 aliphatic rings. The van der Waals surface area contributed by atoms with Gasteiger partial charge in [-0.05, 0) is 31.0 Å². The molecule has 4 rings (SSSR count). The number of aromatic nitrogens is 2. The van der Waals surface area contributed by atoms with Gasteiger partial charge in [-0.3, -0.25) is 4.79 Å². The number of aliphatic hydroxyl groups is 1. The van der Waals surface area contributed by atoms with Crippen molar-refractivity contribution in [2.24, 2.45) is 5.73 Å². The quantitative estimate of drug-likeness (QED) is 0.683. The highest BCUT2D eigenvalue weighted by Gasteiger charge is 2.31. The van der Waals surface area contributed by atoms with Crippen LogP contribution in [0.3, 0.4) is 0 Å². The second-order valence-corrected chi connectivity index (χ2v) is 6.58. The number of nitrogens with zero attached hydrogens (tertiary/aromatic N) is 2. The lowest BCUT2D eigenvalue weighted by molar-refractivity contribution is 0.1000. The molecule has 128 valence electrons. The predicted molar refractivity (Wildman–Crippen MR) is 95.7 cm³/mol. The van der Waals surface area contributed by atoms with Crippen molar-refractivity contribution < 1.29 is 9.90 Å². The van der Waals surface area contributed by atoms with Crippen LogP contribution in [0.15, 0.2) is 36.5 Å². The van der Waals surface area contributed by atoms with Gasteiger partial charge in [-0.25, -0.2) is 4.98 Å². The SMILES string of the molecule is Cc1nc2c(N[C@H]3c4ccccc4C[C@@H]3O)cc(C(N)=O)cn2c1C. The second kappa shape index (κ2) is 5.60. The number of hydrogen-bond donors (Lipinski definition) is 3. The topological polar surface area (TPSA) is 92.7 Å². The van der Waals surface area contributed by atoms with Crippen LogP contribution in [0.5, 0.6) is 0 Å². The zero-order valence-electron chi connectivity index (χ0n) is 14.2. The second-order valence-electron chi connectivity index (χ2n) is 6.58. The number of pyridine rings is 1. The zero-order chi connectivity index (χ0) is 17.7. The van der Waals surface area contributed by atoms with E-state index in [0.29, 0.717) is 17.7 Å². The largest absolute Gasteiger partial charge is 0.390 e. The molecule has 0 aliphatic heterocycles. The smallest absolute Gasteiger partial charge is 0.250 e. The van der Waals surface area contributed by atoms with Crippen molar-refractivity contribution in [3.8, 4) is 0 Å². The Kier molecular flexibility index (Phi) is 3.51. The van der Waals surface area contributed by atoms with Crippen LogP contribution in [0.4, 0.5) is 5.69 Å². The van der Waals surface area contributed by atoms with Crippen molar-refractivity contribution >= 4 is 17.2 Å². The van der Waals surface area contributed by atoms with E-state index >= 15 is 0 Å². The third kappa shape index (κ3) is 2.46. The van der Waals surface area contributed by atoms with E-state index in [1.807, 2.05) is 42.5 Å². The Balaban J connectivity index is 1.84. The highest BCUT2D eigenvalue weighted by molar-refractivity contribution is 5.94. The Morgan fingerprint density at radius 1 is 1.36 bits per heavy atom. The lowest BCUT2D eigenvalue weighted by Gasteiger charge is -2.20. The molecular formula is C19H20N4O2. The zero-order valence-corrected chi connectivity index (χ0v) is 14.2. The number of primary amides is 1. The van der Waals surface area contributed by atoms with Gasteiger partial charge in [0.25, 0.3) is 0 Å². The fourth-order valence-electron chi connectivity index (χ4n) is 3.53. The minimum Gasteiger partial charge on any atom is -0.390 e. The number of fused-ring (bicyclic) bond motifs is 2. The number of benzene rings is 1. The third-order valence-electron chi connectivity index (χ3n) is 5.00. The minimum atomic E-state index is -0.535. The number of amides is 1. The number of nitrogens with one attached hydrogen (secondary N) is 1. The molecule has 2 aromatic heterocycles. The van der Waals surface area contributed by atoms with E-state index in [9.17, 15) is 9.90 Å². The van der Waals surface area contributed by atoms with Gasteiger partial charge >= 0.3 is 0 Å². The van der Waals surface area contributed by atoms with Crippen LogP contribution in [-0.2, 0) is 6.42 Å². The molecule has 0 bridgehead atoms. The number of aryl methyl sites for hydroxylation is 2. The summed E-state index contributed by atoms with van der Waals surface area (Å²) < 4.78 is 1.87. The number of rotatable bonds is 3. The summed E-state index contributed by atoms with van der Waals surface area (Å²) in [5.74, 6) is -0.497. The number of imidazole rings is 1. The summed E-state index contributed by atoms with van der Waals surface area (Å²) in [6, 6.07) is 9.43. The van der Waals surface area contributed by atoms with Gasteiger partial charge in [-0.15, -0.1) is 0 Å². The summed E-state index contributed by atoms with van der Waals surface area (Å²) in [5, 5.41) is 13.9. The van der Waals surface area contributed by atoms with Crippen molar-refractivity contribution in [3.05, 3.63) is 64.6 Å². The fraction of sp³-hybridized carbons (Fsp3) is 0.263. The molecule has 1 aliphatic carbocycles. The number of carbonyl (C=O) groups excluding carboxylic acids is 1. The summed E-state index contributed by atoms with van der Waals surface area (Å²) in [5.41, 5.74) is 11.3. The maximum atomic E-state index is 11.7. The molecule has 0 saturated carbocycles. The van der Waals surface area contributed by atoms with Gasteiger partial charge in [-0.1, -0.05) is 24.3 Å². The number of anilines is 1. The van der Waals surface area contributed by atoms with Gasteiger partial charge in [0.1, 0.15) is 0 Å². The van der Waals surface area contributed by atoms with Crippen molar-refractivity contribution in [3.63, 3.8) is 0 Å². The molecule has 0 radical (unpaired) electrons. The molecule has 2 atom stereocenters. The standard InChI is InChI=1S/C19H20N4O2/c1-10-11(2)23-9-13(18(20)25)7-15(19(23)21-10)22-17-14-6-4-3-5-12(14)8-16(17)24/h3-7,9,16-17,22,24H,8H2,1-2H3,(H2,20,25)/t16-,17-/m0/s1. The highest BCUT2D eigenvalue weighted by Crippen LogP contribution is 2.35. The third-order valence-corrected chi connectivity index (χ3v) is 5.00. The van der Waals surface area contributed by atoms with Crippen LogP contribution in [0.2, 0.25) is 0 Å². The molecule has 1 amide bonds. The van der Waals surface area contributed by atoms with E-state index in [4.69, 9.17) is 5.73 Å². The Labute approximate surface area is 145 Å². The Morgan fingerprint density at radius 3 is 2.88 bits per heavy atom. The Hall–Kier alpha value is -2.86. The average Bonchev–Trinajstić information content (AvgIpc) is 3.05. The van der Waals surface area contributed by atoms with E-state index in [-0.39, 0.29) is 6.04 Å². The molecule has 2 heterocycles. The summed E-state index contributed by atoms with van der Waals surface area (Å²) in [6.45, 7) is 3.87. The van der Waals surface area contributed by atoms with Crippen molar-refractivity contribution in [1.82, 2.24) is 9.38 Å². The number of aliphatic hydroxyl groups excluding tert-OH is 1. The van der Waals surface area contributed by atoms with E-state index in [0.717, 1.165) is 28.2 Å². The molecule has 25 heavy (non-hydrogen) atoms. The maximum absolute atomic E-state index is 11.7. The summed E-state index contributed by atoms with van der Waals surface area (Å²) in [6.07, 6.45) is 1.77. The molecule has 6 nitrogen and oxygen atoms in total. The van der Waals surface area contributed by atoms with E-state index in [1.54, 1.807) is 12.3 Å². The molecule has 0 fully saturated rings. The minimum absolute atomic E-state index is 0.250. The van der Waals surface area contributed by atoms with E-state index in [1.165, 1.54) is 0 Å². The maximum Gasteiger partial charge on any atom is 0.250 e. The Bertz CT molecular complexity index is 992. The average molecular weight is 336 g/mol. The lowest BCUT2D eigenvalue weighted by atomic mass is 10.1. The molecule has 0 spiro atoms. The molecule has 6 heteroatoms. The first-order chi connectivity index (χ1) is 12.0. The van der Waals surface area contributed by atoms with Gasteiger partial charge in [-0.2, -0.15) is 0 Å². The first-order valence-corrected chi connectivity index (χ1v) is 8.27. The number of hydrogen-bond acceptors (Lipinski definition) is 4. The van der Waals surface area contributed by atoms with Crippen LogP contribution < -0.4 is 11.1 Å². The highest BCUT2D eigenvalue weighted by atomic mass is 16.3. The van der Waals surface area contributed by atoms with Crippen LogP contribution in [-0.4, -0.2) is 26.5 Å². The van der Waals surface area contributed by atoms with Crippen LogP contribution >= 0.6 is 0 Å². The van der Waals surface area contributed by atoms with E-state index in [2.05, 4.69) is 10.3 Å². The van der Waals surface area contributed by atoms with E-state index < -0.39 is 12.0 Å². The number of nitrogens with two attached hydrogens (primary N) is 1. The normalized spacial score (nSPS) is 19.2. The van der Waals surface area contributed by atoms with Crippen molar-refractivity contribution in [2.45, 2.75) is 32.4 Å². The van der Waals surface area contributed by atoms with Gasteiger partial charge in [0.2, 0.25) is 5.91 Å².